The third kappa shape index (κ3) is 7.02. The van der Waals surface area contributed by atoms with E-state index >= 15 is 0 Å². The first-order chi connectivity index (χ1) is 18.9. The third-order valence-electron chi connectivity index (χ3n) is 5.76. The summed E-state index contributed by atoms with van der Waals surface area (Å²) >= 11 is 0. The molecule has 0 saturated carbocycles. The molecule has 0 bridgehead atoms. The molecule has 3 heterocycles. The Kier molecular flexibility index (Phi) is 9.31. The zero-order valence-corrected chi connectivity index (χ0v) is 22.0. The lowest BCUT2D eigenvalue weighted by Crippen LogP contribution is -2.27. The van der Waals surface area contributed by atoms with Crippen molar-refractivity contribution in [2.75, 3.05) is 19.4 Å². The number of halogens is 1. The van der Waals surface area contributed by atoms with Gasteiger partial charge in [0.15, 0.2) is 0 Å². The molecule has 1 amide bonds. The summed E-state index contributed by atoms with van der Waals surface area (Å²) < 4.78 is 32.5. The Labute approximate surface area is 227 Å². The number of fused-ring (bicyclic) bond motifs is 1. The molecule has 0 aliphatic carbocycles. The number of aliphatic hydroxyl groups excluding tert-OH is 1. The first-order valence-electron chi connectivity index (χ1n) is 12.0. The van der Waals surface area contributed by atoms with Gasteiger partial charge < -0.3 is 25.1 Å². The molecule has 1 unspecified atom stereocenters. The zero-order valence-electron chi connectivity index (χ0n) is 21.2. The monoisotopic (exact) mass is 549 g/mol. The Morgan fingerprint density at radius 3 is 2.46 bits per heavy atom. The highest BCUT2D eigenvalue weighted by molar-refractivity contribution is 7.84. The lowest BCUT2D eigenvalue weighted by molar-refractivity contribution is -0.121. The molecule has 202 valence electrons. The van der Waals surface area contributed by atoms with E-state index in [9.17, 15) is 13.4 Å². The standard InChI is InChI=1S/C26H21FN4O3S.C2H7NO/c1-35(33)22-7-3-17(4-8-22)18-2-6-21(29-14-18)15-30-25(32)16-31-23-9-5-20(27)12-19(23)13-24(31)26-28-10-11-34-26;3-1-2-4/h2-14H,15-16H2,1H3,(H,30,32);4H,1-3H2. The van der Waals surface area contributed by atoms with Crippen molar-refractivity contribution in [3.05, 3.63) is 90.8 Å². The van der Waals surface area contributed by atoms with Gasteiger partial charge in [0, 0.05) is 51.2 Å². The van der Waals surface area contributed by atoms with E-state index in [1.165, 1.54) is 24.6 Å². The summed E-state index contributed by atoms with van der Waals surface area (Å²) in [4.78, 5) is 22.2. The number of carbonyl (C=O) groups is 1. The van der Waals surface area contributed by atoms with E-state index < -0.39 is 10.8 Å². The number of nitrogens with one attached hydrogen (secondary N) is 1. The molecule has 0 radical (unpaired) electrons. The van der Waals surface area contributed by atoms with Gasteiger partial charge in [-0.15, -0.1) is 0 Å². The average molecular weight is 550 g/mol. The van der Waals surface area contributed by atoms with Crippen LogP contribution in [0.4, 0.5) is 4.39 Å². The first-order valence-corrected chi connectivity index (χ1v) is 13.6. The molecule has 4 N–H and O–H groups in total. The molecule has 11 heteroatoms. The zero-order chi connectivity index (χ0) is 27.8. The highest BCUT2D eigenvalue weighted by atomic mass is 32.2. The number of oxazole rings is 1. The number of benzene rings is 2. The largest absolute Gasteiger partial charge is 0.443 e. The van der Waals surface area contributed by atoms with Gasteiger partial charge in [0.25, 0.3) is 0 Å². The Morgan fingerprint density at radius 1 is 1.10 bits per heavy atom. The minimum atomic E-state index is -1.02. The van der Waals surface area contributed by atoms with Crippen molar-refractivity contribution >= 4 is 27.6 Å². The SMILES string of the molecule is CS(=O)c1ccc(-c2ccc(CNC(=O)Cn3c(-c4ncco4)cc4cc(F)ccc43)nc2)cc1.NCCO. The molecule has 0 saturated heterocycles. The van der Waals surface area contributed by atoms with Crippen LogP contribution in [0, 0.1) is 5.82 Å². The number of aromatic nitrogens is 3. The van der Waals surface area contributed by atoms with Crippen molar-refractivity contribution < 1.29 is 22.9 Å². The van der Waals surface area contributed by atoms with E-state index in [2.05, 4.69) is 15.3 Å². The van der Waals surface area contributed by atoms with Gasteiger partial charge >= 0.3 is 0 Å². The molecular formula is C28H28FN5O4S. The Balaban J connectivity index is 0.000000826. The lowest BCUT2D eigenvalue weighted by Gasteiger charge is -2.10. The van der Waals surface area contributed by atoms with Crippen LogP contribution in [0.25, 0.3) is 33.6 Å². The van der Waals surface area contributed by atoms with Crippen LogP contribution in [0.5, 0.6) is 0 Å². The van der Waals surface area contributed by atoms with Crippen molar-refractivity contribution in [2.45, 2.75) is 18.0 Å². The molecule has 0 aliphatic rings. The summed E-state index contributed by atoms with van der Waals surface area (Å²) in [5.41, 5.74) is 8.68. The third-order valence-corrected chi connectivity index (χ3v) is 6.69. The number of nitrogens with two attached hydrogens (primary N) is 1. The summed E-state index contributed by atoms with van der Waals surface area (Å²) in [6, 6.07) is 17.4. The van der Waals surface area contributed by atoms with Crippen LogP contribution < -0.4 is 11.1 Å². The second-order valence-electron chi connectivity index (χ2n) is 8.46. The van der Waals surface area contributed by atoms with Crippen LogP contribution in [0.3, 0.4) is 0 Å². The maximum Gasteiger partial charge on any atom is 0.243 e. The van der Waals surface area contributed by atoms with E-state index in [4.69, 9.17) is 15.3 Å². The predicted molar refractivity (Wildman–Crippen MR) is 147 cm³/mol. The van der Waals surface area contributed by atoms with Crippen LogP contribution >= 0.6 is 0 Å². The number of pyridine rings is 1. The fraction of sp³-hybridized carbons (Fsp3) is 0.179. The van der Waals surface area contributed by atoms with E-state index in [0.29, 0.717) is 34.7 Å². The van der Waals surface area contributed by atoms with Crippen LogP contribution in [0.15, 0.2) is 88.6 Å². The van der Waals surface area contributed by atoms with Gasteiger partial charge in [-0.05, 0) is 48.0 Å². The number of hydrogen-bond acceptors (Lipinski definition) is 7. The van der Waals surface area contributed by atoms with E-state index in [0.717, 1.165) is 16.0 Å². The minimum Gasteiger partial charge on any atom is -0.443 e. The van der Waals surface area contributed by atoms with Gasteiger partial charge in [0.1, 0.15) is 24.3 Å². The lowest BCUT2D eigenvalue weighted by atomic mass is 10.1. The summed E-state index contributed by atoms with van der Waals surface area (Å²) in [5, 5.41) is 11.3. The molecule has 2 aromatic carbocycles. The van der Waals surface area contributed by atoms with E-state index in [-0.39, 0.29) is 31.4 Å². The second kappa shape index (κ2) is 13.1. The first kappa shape index (κ1) is 27.8. The topological polar surface area (TPSA) is 136 Å². The van der Waals surface area contributed by atoms with Gasteiger partial charge in [-0.25, -0.2) is 9.37 Å². The molecule has 39 heavy (non-hydrogen) atoms. The highest BCUT2D eigenvalue weighted by Crippen LogP contribution is 2.28. The van der Waals surface area contributed by atoms with Gasteiger partial charge in [-0.1, -0.05) is 18.2 Å². The Bertz CT molecular complexity index is 1550. The quantitative estimate of drug-likeness (QED) is 0.270. The van der Waals surface area contributed by atoms with Crippen LogP contribution in [0.1, 0.15) is 5.69 Å². The fourth-order valence-corrected chi connectivity index (χ4v) is 4.39. The number of hydrogen-bond donors (Lipinski definition) is 3. The smallest absolute Gasteiger partial charge is 0.243 e. The van der Waals surface area contributed by atoms with Gasteiger partial charge in [0.2, 0.25) is 11.8 Å². The van der Waals surface area contributed by atoms with Crippen molar-refractivity contribution in [1.82, 2.24) is 19.9 Å². The number of aliphatic hydroxyl groups is 1. The Hall–Kier alpha value is -4.19. The summed E-state index contributed by atoms with van der Waals surface area (Å²) in [7, 11) is -1.02. The van der Waals surface area contributed by atoms with Gasteiger partial charge in [-0.2, -0.15) is 0 Å². The van der Waals surface area contributed by atoms with Crippen LogP contribution in [-0.4, -0.2) is 49.2 Å². The average Bonchev–Trinajstić information content (AvgIpc) is 3.60. The Morgan fingerprint density at radius 2 is 1.85 bits per heavy atom. The van der Waals surface area contributed by atoms with Gasteiger partial charge in [-0.3, -0.25) is 14.0 Å². The molecule has 5 rings (SSSR count). The molecule has 0 spiro atoms. The molecule has 5 aromatic rings. The number of carbonyl (C=O) groups excluding carboxylic acids is 1. The molecule has 1 atom stereocenters. The maximum absolute atomic E-state index is 13.7. The number of nitrogens with zero attached hydrogens (tertiary/aromatic N) is 3. The van der Waals surface area contributed by atoms with Gasteiger partial charge in [0.05, 0.1) is 25.0 Å². The number of amides is 1. The summed E-state index contributed by atoms with van der Waals surface area (Å²) in [5.74, 6) is -0.234. The normalized spacial score (nSPS) is 11.6. The molecule has 9 nitrogen and oxygen atoms in total. The fourth-order valence-electron chi connectivity index (χ4n) is 3.87. The van der Waals surface area contributed by atoms with Crippen molar-refractivity contribution in [3.8, 4) is 22.7 Å². The minimum absolute atomic E-state index is 0.01000. The van der Waals surface area contributed by atoms with Crippen LogP contribution in [0.2, 0.25) is 0 Å². The molecule has 3 aromatic heterocycles. The second-order valence-corrected chi connectivity index (χ2v) is 9.84. The molecule has 0 aliphatic heterocycles. The van der Waals surface area contributed by atoms with Crippen molar-refractivity contribution in [1.29, 1.82) is 0 Å². The van der Waals surface area contributed by atoms with E-state index in [1.54, 1.807) is 29.2 Å². The summed E-state index contributed by atoms with van der Waals surface area (Å²) in [6.07, 6.45) is 6.36. The predicted octanol–water partition coefficient (Wildman–Crippen LogP) is 3.49. The maximum atomic E-state index is 13.7. The van der Waals surface area contributed by atoms with E-state index in [1.807, 2.05) is 36.4 Å². The highest BCUT2D eigenvalue weighted by Gasteiger charge is 2.17. The van der Waals surface area contributed by atoms with Crippen LogP contribution in [-0.2, 0) is 28.7 Å². The molecular weight excluding hydrogens is 521 g/mol. The molecule has 0 fully saturated rings. The summed E-state index contributed by atoms with van der Waals surface area (Å²) in [6.45, 7) is 0.741. The van der Waals surface area contributed by atoms with Crippen molar-refractivity contribution in [3.63, 3.8) is 0 Å². The number of rotatable bonds is 8. The van der Waals surface area contributed by atoms with Crippen molar-refractivity contribution in [2.24, 2.45) is 5.73 Å².